The van der Waals surface area contributed by atoms with Crippen LogP contribution in [0, 0.1) is 20.8 Å². The Kier molecular flexibility index (Phi) is 3.19. The average Bonchev–Trinajstić information content (AvgIpc) is 2.59. The van der Waals surface area contributed by atoms with E-state index in [9.17, 15) is 0 Å². The SMILES string of the molecule is CNCc1cnc(-n2nc(C)c(C)c2C)cn1. The van der Waals surface area contributed by atoms with E-state index in [1.807, 2.05) is 25.6 Å². The second-order valence-corrected chi connectivity index (χ2v) is 4.10. The first-order valence-electron chi connectivity index (χ1n) is 5.62. The Balaban J connectivity index is 2.36. The van der Waals surface area contributed by atoms with E-state index < -0.39 is 0 Å². The summed E-state index contributed by atoms with van der Waals surface area (Å²) in [4.78, 5) is 8.72. The van der Waals surface area contributed by atoms with E-state index in [2.05, 4.69) is 27.3 Å². The van der Waals surface area contributed by atoms with Gasteiger partial charge in [0.1, 0.15) is 0 Å². The molecule has 0 amide bonds. The van der Waals surface area contributed by atoms with Crippen molar-refractivity contribution in [1.29, 1.82) is 0 Å². The zero-order chi connectivity index (χ0) is 12.4. The maximum atomic E-state index is 4.45. The minimum absolute atomic E-state index is 0.726. The summed E-state index contributed by atoms with van der Waals surface area (Å²) < 4.78 is 1.83. The number of nitrogens with one attached hydrogen (secondary N) is 1. The summed E-state index contributed by atoms with van der Waals surface area (Å²) >= 11 is 0. The Bertz CT molecular complexity index is 512. The van der Waals surface area contributed by atoms with Crippen LogP contribution in [0.2, 0.25) is 0 Å². The van der Waals surface area contributed by atoms with E-state index in [-0.39, 0.29) is 0 Å². The van der Waals surface area contributed by atoms with Crippen LogP contribution in [0.3, 0.4) is 0 Å². The Hall–Kier alpha value is -1.75. The Morgan fingerprint density at radius 3 is 2.41 bits per heavy atom. The molecule has 0 atom stereocenters. The molecule has 0 fully saturated rings. The van der Waals surface area contributed by atoms with Crippen LogP contribution < -0.4 is 5.32 Å². The highest BCUT2D eigenvalue weighted by molar-refractivity contribution is 5.30. The summed E-state index contributed by atoms with van der Waals surface area (Å²) in [6, 6.07) is 0. The number of hydrogen-bond acceptors (Lipinski definition) is 4. The van der Waals surface area contributed by atoms with Crippen LogP contribution in [0.15, 0.2) is 12.4 Å². The number of hydrogen-bond donors (Lipinski definition) is 1. The van der Waals surface area contributed by atoms with E-state index in [1.54, 1.807) is 12.4 Å². The summed E-state index contributed by atoms with van der Waals surface area (Å²) in [5, 5.41) is 7.50. The van der Waals surface area contributed by atoms with E-state index in [0.717, 1.165) is 29.4 Å². The van der Waals surface area contributed by atoms with Crippen molar-refractivity contribution in [3.05, 3.63) is 35.0 Å². The van der Waals surface area contributed by atoms with Crippen molar-refractivity contribution in [2.75, 3.05) is 7.05 Å². The fourth-order valence-electron chi connectivity index (χ4n) is 1.67. The summed E-state index contributed by atoms with van der Waals surface area (Å²) in [6.45, 7) is 6.83. The Labute approximate surface area is 101 Å². The van der Waals surface area contributed by atoms with Gasteiger partial charge in [-0.15, -0.1) is 0 Å². The number of aryl methyl sites for hydroxylation is 1. The van der Waals surface area contributed by atoms with Gasteiger partial charge in [-0.3, -0.25) is 4.98 Å². The van der Waals surface area contributed by atoms with Gasteiger partial charge in [-0.25, -0.2) is 9.67 Å². The molecule has 2 aromatic rings. The molecule has 0 aromatic carbocycles. The van der Waals surface area contributed by atoms with Gasteiger partial charge in [0.2, 0.25) is 0 Å². The molecular formula is C12H17N5. The molecule has 0 bridgehead atoms. The van der Waals surface area contributed by atoms with Crippen molar-refractivity contribution in [3.63, 3.8) is 0 Å². The van der Waals surface area contributed by atoms with E-state index in [4.69, 9.17) is 0 Å². The standard InChI is InChI=1S/C12H17N5/c1-8-9(2)16-17(10(8)3)12-7-14-11(5-13-4)6-15-12/h6-7,13H,5H2,1-4H3. The van der Waals surface area contributed by atoms with Gasteiger partial charge >= 0.3 is 0 Å². The van der Waals surface area contributed by atoms with Crippen molar-refractivity contribution in [2.45, 2.75) is 27.3 Å². The van der Waals surface area contributed by atoms with Gasteiger partial charge in [-0.05, 0) is 33.4 Å². The molecule has 0 aliphatic heterocycles. The minimum atomic E-state index is 0.726. The maximum Gasteiger partial charge on any atom is 0.172 e. The lowest BCUT2D eigenvalue weighted by atomic mass is 10.2. The second-order valence-electron chi connectivity index (χ2n) is 4.10. The molecule has 0 aliphatic rings. The van der Waals surface area contributed by atoms with Crippen LogP contribution in [0.5, 0.6) is 0 Å². The first-order chi connectivity index (χ1) is 8.13. The number of nitrogens with zero attached hydrogens (tertiary/aromatic N) is 4. The quantitative estimate of drug-likeness (QED) is 0.865. The van der Waals surface area contributed by atoms with Gasteiger partial charge in [0, 0.05) is 12.2 Å². The zero-order valence-corrected chi connectivity index (χ0v) is 10.7. The topological polar surface area (TPSA) is 55.6 Å². The third kappa shape index (κ3) is 2.19. The lowest BCUT2D eigenvalue weighted by molar-refractivity contribution is 0.760. The van der Waals surface area contributed by atoms with Gasteiger partial charge in [0.25, 0.3) is 0 Å². The van der Waals surface area contributed by atoms with Gasteiger partial charge in [0.15, 0.2) is 5.82 Å². The lowest BCUT2D eigenvalue weighted by Gasteiger charge is -2.04. The lowest BCUT2D eigenvalue weighted by Crippen LogP contribution is -2.09. The van der Waals surface area contributed by atoms with Crippen LogP contribution >= 0.6 is 0 Å². The zero-order valence-electron chi connectivity index (χ0n) is 10.7. The highest BCUT2D eigenvalue weighted by atomic mass is 15.3. The van der Waals surface area contributed by atoms with E-state index in [1.165, 1.54) is 5.56 Å². The van der Waals surface area contributed by atoms with Crippen LogP contribution in [0.4, 0.5) is 0 Å². The molecule has 17 heavy (non-hydrogen) atoms. The molecule has 0 spiro atoms. The van der Waals surface area contributed by atoms with Gasteiger partial charge in [-0.1, -0.05) is 0 Å². The van der Waals surface area contributed by atoms with Crippen molar-refractivity contribution >= 4 is 0 Å². The van der Waals surface area contributed by atoms with Crippen LogP contribution in [-0.2, 0) is 6.54 Å². The van der Waals surface area contributed by atoms with Crippen LogP contribution in [0.1, 0.15) is 22.6 Å². The maximum absolute atomic E-state index is 4.45. The normalized spacial score (nSPS) is 10.8. The second kappa shape index (κ2) is 4.63. The fourth-order valence-corrected chi connectivity index (χ4v) is 1.67. The summed E-state index contributed by atoms with van der Waals surface area (Å²) in [7, 11) is 1.89. The Morgan fingerprint density at radius 2 is 1.94 bits per heavy atom. The molecule has 0 unspecified atom stereocenters. The molecule has 2 rings (SSSR count). The van der Waals surface area contributed by atoms with Crippen LogP contribution in [0.25, 0.3) is 5.82 Å². The highest BCUT2D eigenvalue weighted by Gasteiger charge is 2.09. The van der Waals surface area contributed by atoms with Gasteiger partial charge in [-0.2, -0.15) is 5.10 Å². The predicted molar refractivity (Wildman–Crippen MR) is 66.1 cm³/mol. The van der Waals surface area contributed by atoms with Crippen molar-refractivity contribution in [1.82, 2.24) is 25.1 Å². The summed E-state index contributed by atoms with van der Waals surface area (Å²) in [5.41, 5.74) is 4.27. The van der Waals surface area contributed by atoms with Crippen molar-refractivity contribution in [2.24, 2.45) is 0 Å². The molecule has 90 valence electrons. The first-order valence-corrected chi connectivity index (χ1v) is 5.62. The van der Waals surface area contributed by atoms with Crippen molar-refractivity contribution < 1.29 is 0 Å². The molecule has 1 N–H and O–H groups in total. The first kappa shape index (κ1) is 11.7. The summed E-state index contributed by atoms with van der Waals surface area (Å²) in [6.07, 6.45) is 3.53. The molecular weight excluding hydrogens is 214 g/mol. The van der Waals surface area contributed by atoms with Gasteiger partial charge in [0.05, 0.1) is 23.8 Å². The average molecular weight is 231 g/mol. The van der Waals surface area contributed by atoms with Crippen molar-refractivity contribution in [3.8, 4) is 5.82 Å². The monoisotopic (exact) mass is 231 g/mol. The van der Waals surface area contributed by atoms with Gasteiger partial charge < -0.3 is 5.32 Å². The molecule has 5 heteroatoms. The molecule has 5 nitrogen and oxygen atoms in total. The third-order valence-corrected chi connectivity index (χ3v) is 2.92. The fraction of sp³-hybridized carbons (Fsp3) is 0.417. The molecule has 0 aliphatic carbocycles. The molecule has 2 heterocycles. The van der Waals surface area contributed by atoms with Crippen LogP contribution in [-0.4, -0.2) is 26.8 Å². The van der Waals surface area contributed by atoms with E-state index >= 15 is 0 Å². The Morgan fingerprint density at radius 1 is 1.18 bits per heavy atom. The largest absolute Gasteiger partial charge is 0.314 e. The predicted octanol–water partition coefficient (Wildman–Crippen LogP) is 1.31. The number of rotatable bonds is 3. The highest BCUT2D eigenvalue weighted by Crippen LogP contribution is 2.14. The number of aromatic nitrogens is 4. The molecule has 0 saturated carbocycles. The van der Waals surface area contributed by atoms with E-state index in [0.29, 0.717) is 0 Å². The molecule has 0 radical (unpaired) electrons. The molecule has 2 aromatic heterocycles. The summed E-state index contributed by atoms with van der Waals surface area (Å²) in [5.74, 6) is 0.763. The minimum Gasteiger partial charge on any atom is -0.314 e. The smallest absolute Gasteiger partial charge is 0.172 e. The molecule has 0 saturated heterocycles. The third-order valence-electron chi connectivity index (χ3n) is 2.92.